The van der Waals surface area contributed by atoms with Gasteiger partial charge in [-0.3, -0.25) is 0 Å². The van der Waals surface area contributed by atoms with Crippen molar-refractivity contribution in [3.63, 3.8) is 0 Å². The normalized spacial score (nSPS) is 9.06. The van der Waals surface area contributed by atoms with E-state index < -0.39 is 0 Å². The maximum atomic E-state index is 13.6. The molecule has 1 aromatic rings. The summed E-state index contributed by atoms with van der Waals surface area (Å²) < 4.78 is 14.0. The van der Waals surface area contributed by atoms with Crippen molar-refractivity contribution in [2.45, 2.75) is 5.33 Å². The Morgan fingerprint density at radius 2 is 2.00 bits per heavy atom. The molecule has 0 fully saturated rings. The SMILES string of the molecule is N#CC(C#N)=Cc1ccc(Br)c(F)c1CBr. The van der Waals surface area contributed by atoms with Crippen LogP contribution in [0.4, 0.5) is 4.39 Å². The van der Waals surface area contributed by atoms with Gasteiger partial charge in [0.25, 0.3) is 0 Å². The van der Waals surface area contributed by atoms with Gasteiger partial charge < -0.3 is 0 Å². The van der Waals surface area contributed by atoms with Gasteiger partial charge in [0.2, 0.25) is 0 Å². The highest BCUT2D eigenvalue weighted by Gasteiger charge is 2.10. The van der Waals surface area contributed by atoms with E-state index >= 15 is 0 Å². The lowest BCUT2D eigenvalue weighted by atomic mass is 10.1. The highest BCUT2D eigenvalue weighted by Crippen LogP contribution is 2.25. The molecule has 0 atom stereocenters. The smallest absolute Gasteiger partial charge is 0.142 e. The van der Waals surface area contributed by atoms with Gasteiger partial charge in [0.05, 0.1) is 4.47 Å². The fraction of sp³-hybridized carbons (Fsp3) is 0.0909. The van der Waals surface area contributed by atoms with Crippen LogP contribution in [0.5, 0.6) is 0 Å². The van der Waals surface area contributed by atoms with Crippen molar-refractivity contribution in [3.8, 4) is 12.1 Å². The second kappa shape index (κ2) is 5.79. The number of alkyl halides is 1. The number of allylic oxidation sites excluding steroid dienone is 1. The third kappa shape index (κ3) is 2.69. The predicted molar refractivity (Wildman–Crippen MR) is 65.9 cm³/mol. The minimum absolute atomic E-state index is 0.0519. The third-order valence-corrected chi connectivity index (χ3v) is 3.08. The van der Waals surface area contributed by atoms with E-state index in [9.17, 15) is 4.39 Å². The molecule has 0 N–H and O–H groups in total. The lowest BCUT2D eigenvalue weighted by Crippen LogP contribution is -1.92. The number of nitrogens with zero attached hydrogens (tertiary/aromatic N) is 2. The van der Waals surface area contributed by atoms with Crippen LogP contribution in [-0.2, 0) is 5.33 Å². The number of rotatable bonds is 2. The molecule has 0 aromatic heterocycles. The molecule has 0 spiro atoms. The lowest BCUT2D eigenvalue weighted by Gasteiger charge is -2.05. The summed E-state index contributed by atoms with van der Waals surface area (Å²) >= 11 is 6.25. The van der Waals surface area contributed by atoms with Gasteiger partial charge in [-0.15, -0.1) is 0 Å². The Bertz CT molecular complexity index is 508. The summed E-state index contributed by atoms with van der Waals surface area (Å²) in [7, 11) is 0. The van der Waals surface area contributed by atoms with Crippen molar-refractivity contribution in [3.05, 3.63) is 39.1 Å². The Kier molecular flexibility index (Phi) is 4.67. The van der Waals surface area contributed by atoms with E-state index in [1.807, 2.05) is 0 Å². The maximum absolute atomic E-state index is 13.6. The first-order valence-electron chi connectivity index (χ1n) is 4.18. The van der Waals surface area contributed by atoms with Gasteiger partial charge in [-0.25, -0.2) is 4.39 Å². The Hall–Kier alpha value is -1.17. The third-order valence-electron chi connectivity index (χ3n) is 1.91. The van der Waals surface area contributed by atoms with Crippen molar-refractivity contribution >= 4 is 37.9 Å². The van der Waals surface area contributed by atoms with Crippen LogP contribution in [-0.4, -0.2) is 0 Å². The minimum atomic E-state index is -0.388. The molecule has 16 heavy (non-hydrogen) atoms. The summed E-state index contributed by atoms with van der Waals surface area (Å²) in [5, 5.41) is 17.6. The fourth-order valence-corrected chi connectivity index (χ4v) is 2.07. The monoisotopic (exact) mass is 342 g/mol. The summed E-state index contributed by atoms with van der Waals surface area (Å²) in [5.74, 6) is -0.388. The Balaban J connectivity index is 3.38. The van der Waals surface area contributed by atoms with Crippen LogP contribution >= 0.6 is 31.9 Å². The molecule has 0 unspecified atom stereocenters. The summed E-state index contributed by atoms with van der Waals surface area (Å²) in [5.41, 5.74) is 0.886. The van der Waals surface area contributed by atoms with Crippen molar-refractivity contribution in [1.29, 1.82) is 10.5 Å². The van der Waals surface area contributed by atoms with Crippen LogP contribution in [0.3, 0.4) is 0 Å². The summed E-state index contributed by atoms with van der Waals surface area (Å²) in [6, 6.07) is 6.66. The standard InChI is InChI=1S/C11H5Br2FN2/c12-4-9-8(3-7(5-15)6-16)1-2-10(13)11(9)14/h1-3H,4H2. The van der Waals surface area contributed by atoms with E-state index in [2.05, 4.69) is 31.9 Å². The van der Waals surface area contributed by atoms with E-state index in [1.54, 1.807) is 24.3 Å². The van der Waals surface area contributed by atoms with Gasteiger partial charge in [0.1, 0.15) is 23.5 Å². The molecule has 80 valence electrons. The molecule has 2 nitrogen and oxygen atoms in total. The zero-order chi connectivity index (χ0) is 12.1. The van der Waals surface area contributed by atoms with Crippen molar-refractivity contribution in [2.24, 2.45) is 0 Å². The highest BCUT2D eigenvalue weighted by molar-refractivity contribution is 9.10. The van der Waals surface area contributed by atoms with E-state index in [0.717, 1.165) is 0 Å². The van der Waals surface area contributed by atoms with Crippen LogP contribution in [0.1, 0.15) is 11.1 Å². The lowest BCUT2D eigenvalue weighted by molar-refractivity contribution is 0.610. The maximum Gasteiger partial charge on any atom is 0.142 e. The van der Waals surface area contributed by atoms with Gasteiger partial charge in [-0.05, 0) is 33.6 Å². The van der Waals surface area contributed by atoms with Crippen molar-refractivity contribution < 1.29 is 4.39 Å². The van der Waals surface area contributed by atoms with Crippen molar-refractivity contribution in [2.75, 3.05) is 0 Å². The molecule has 0 aliphatic rings. The summed E-state index contributed by atoms with van der Waals surface area (Å²) in [6.07, 6.45) is 1.37. The highest BCUT2D eigenvalue weighted by atomic mass is 79.9. The summed E-state index contributed by atoms with van der Waals surface area (Å²) in [6.45, 7) is 0. The molecule has 5 heteroatoms. The molecular weight excluding hydrogens is 339 g/mol. The second-order valence-corrected chi connectivity index (χ2v) is 4.26. The molecule has 0 radical (unpaired) electrons. The molecule has 0 bridgehead atoms. The molecule has 1 rings (SSSR count). The van der Waals surface area contributed by atoms with Gasteiger partial charge in [-0.2, -0.15) is 10.5 Å². The van der Waals surface area contributed by atoms with Crippen LogP contribution < -0.4 is 0 Å². The molecule has 0 aliphatic heterocycles. The van der Waals surface area contributed by atoms with Crippen LogP contribution in [0.15, 0.2) is 22.2 Å². The molecule has 0 saturated heterocycles. The first-order valence-corrected chi connectivity index (χ1v) is 6.10. The number of hydrogen-bond acceptors (Lipinski definition) is 2. The van der Waals surface area contributed by atoms with Gasteiger partial charge in [0, 0.05) is 10.9 Å². The molecule has 0 saturated carbocycles. The quantitative estimate of drug-likeness (QED) is 0.603. The summed E-state index contributed by atoms with van der Waals surface area (Å²) in [4.78, 5) is 0. The average Bonchev–Trinajstić information content (AvgIpc) is 2.30. The number of benzene rings is 1. The average molecular weight is 344 g/mol. The first kappa shape index (κ1) is 12.9. The molecule has 1 aromatic carbocycles. The molecule has 0 amide bonds. The van der Waals surface area contributed by atoms with E-state index in [-0.39, 0.29) is 11.4 Å². The number of nitriles is 2. The Morgan fingerprint density at radius 3 is 2.50 bits per heavy atom. The van der Waals surface area contributed by atoms with E-state index in [1.165, 1.54) is 6.08 Å². The van der Waals surface area contributed by atoms with Crippen LogP contribution in [0, 0.1) is 28.5 Å². The van der Waals surface area contributed by atoms with Gasteiger partial charge >= 0.3 is 0 Å². The Morgan fingerprint density at radius 1 is 1.38 bits per heavy atom. The largest absolute Gasteiger partial charge is 0.205 e. The zero-order valence-electron chi connectivity index (χ0n) is 7.97. The minimum Gasteiger partial charge on any atom is -0.205 e. The molecule has 0 heterocycles. The van der Waals surface area contributed by atoms with Crippen molar-refractivity contribution in [1.82, 2.24) is 0 Å². The van der Waals surface area contributed by atoms with Crippen LogP contribution in [0.2, 0.25) is 0 Å². The topological polar surface area (TPSA) is 47.6 Å². The number of halogens is 3. The first-order chi connectivity index (χ1) is 7.63. The molecule has 0 aliphatic carbocycles. The zero-order valence-corrected chi connectivity index (χ0v) is 11.1. The van der Waals surface area contributed by atoms with E-state index in [0.29, 0.717) is 20.9 Å². The van der Waals surface area contributed by atoms with E-state index in [4.69, 9.17) is 10.5 Å². The fourth-order valence-electron chi connectivity index (χ4n) is 1.12. The number of hydrogen-bond donors (Lipinski definition) is 0. The predicted octanol–water partition coefficient (Wildman–Crippen LogP) is 3.91. The van der Waals surface area contributed by atoms with Crippen LogP contribution in [0.25, 0.3) is 6.08 Å². The Labute approximate surface area is 109 Å². The van der Waals surface area contributed by atoms with Gasteiger partial charge in [-0.1, -0.05) is 22.0 Å². The molecular formula is C11H5Br2FN2. The second-order valence-electron chi connectivity index (χ2n) is 2.84. The van der Waals surface area contributed by atoms with Gasteiger partial charge in [0.15, 0.2) is 0 Å².